The van der Waals surface area contributed by atoms with E-state index in [0.717, 1.165) is 18.1 Å². The number of nitrogens with one attached hydrogen (secondary N) is 1. The number of nitrogen functional groups attached to an aromatic ring is 1. The summed E-state index contributed by atoms with van der Waals surface area (Å²) in [5.74, 6) is 1.79. The Hall–Kier alpha value is -1.30. The maximum atomic E-state index is 7.18. The van der Waals surface area contributed by atoms with E-state index < -0.39 is 0 Å². The molecule has 0 saturated carbocycles. The number of rotatable bonds is 5. The quantitative estimate of drug-likeness (QED) is 0.565. The first-order valence-electron chi connectivity index (χ1n) is 4.51. The zero-order valence-corrected chi connectivity index (χ0v) is 9.71. The number of thioether (sulfide) groups is 1. The van der Waals surface area contributed by atoms with Crippen LogP contribution in [-0.2, 0) is 0 Å². The number of hydrogen-bond donors (Lipinski definition) is 2. The molecule has 5 nitrogen and oxygen atoms in total. The van der Waals surface area contributed by atoms with Gasteiger partial charge < -0.3 is 10.6 Å². The van der Waals surface area contributed by atoms with Gasteiger partial charge in [0.05, 0.1) is 12.4 Å². The number of hydrogen-bond acceptors (Lipinski definition) is 5. The van der Waals surface area contributed by atoms with E-state index in [9.17, 15) is 0 Å². The van der Waals surface area contributed by atoms with Gasteiger partial charge in [-0.2, -0.15) is 11.8 Å². The molecule has 1 rings (SSSR count). The highest BCUT2D eigenvalue weighted by molar-refractivity contribution is 7.98. The highest BCUT2D eigenvalue weighted by atomic mass is 32.2. The SMILES string of the molecule is CSCCN(C)c1cnc(C(=N)N)cn1. The van der Waals surface area contributed by atoms with Crippen LogP contribution in [0.5, 0.6) is 0 Å². The molecule has 0 aliphatic heterocycles. The maximum absolute atomic E-state index is 7.18. The van der Waals surface area contributed by atoms with E-state index in [4.69, 9.17) is 11.1 Å². The maximum Gasteiger partial charge on any atom is 0.146 e. The topological polar surface area (TPSA) is 78.9 Å². The summed E-state index contributed by atoms with van der Waals surface area (Å²) in [4.78, 5) is 10.3. The van der Waals surface area contributed by atoms with Gasteiger partial charge in [-0.05, 0) is 6.26 Å². The lowest BCUT2D eigenvalue weighted by atomic mass is 10.4. The standard InChI is InChI=1S/C9H15N5S/c1-14(3-4-15-2)8-6-12-7(5-13-8)9(10)11/h5-6H,3-4H2,1-2H3,(H3,10,11). The van der Waals surface area contributed by atoms with Gasteiger partial charge in [-0.3, -0.25) is 5.41 Å². The van der Waals surface area contributed by atoms with Gasteiger partial charge in [-0.15, -0.1) is 0 Å². The van der Waals surface area contributed by atoms with Crippen LogP contribution in [0.4, 0.5) is 5.82 Å². The predicted molar refractivity (Wildman–Crippen MR) is 64.7 cm³/mol. The molecular weight excluding hydrogens is 210 g/mol. The van der Waals surface area contributed by atoms with Crippen molar-refractivity contribution in [1.29, 1.82) is 5.41 Å². The summed E-state index contributed by atoms with van der Waals surface area (Å²) in [7, 11) is 1.97. The van der Waals surface area contributed by atoms with Crippen LogP contribution < -0.4 is 10.6 Å². The van der Waals surface area contributed by atoms with Crippen LogP contribution in [0.25, 0.3) is 0 Å². The molecule has 0 spiro atoms. The predicted octanol–water partition coefficient (Wildman–Crippen LogP) is 0.560. The van der Waals surface area contributed by atoms with Crippen LogP contribution in [0.1, 0.15) is 5.69 Å². The van der Waals surface area contributed by atoms with E-state index in [1.807, 2.05) is 11.9 Å². The molecule has 1 aromatic heterocycles. The molecule has 0 bridgehead atoms. The second-order valence-electron chi connectivity index (χ2n) is 3.09. The third-order valence-electron chi connectivity index (χ3n) is 1.94. The second kappa shape index (κ2) is 5.55. The van der Waals surface area contributed by atoms with Crippen LogP contribution >= 0.6 is 11.8 Å². The van der Waals surface area contributed by atoms with Crippen LogP contribution in [-0.4, -0.2) is 41.4 Å². The molecule has 3 N–H and O–H groups in total. The summed E-state index contributed by atoms with van der Waals surface area (Å²) in [6.45, 7) is 0.926. The van der Waals surface area contributed by atoms with Crippen molar-refractivity contribution in [3.05, 3.63) is 18.1 Å². The van der Waals surface area contributed by atoms with Crippen molar-refractivity contribution in [2.75, 3.05) is 30.5 Å². The molecule has 82 valence electrons. The van der Waals surface area contributed by atoms with Gasteiger partial charge in [0.2, 0.25) is 0 Å². The first kappa shape index (κ1) is 11.8. The molecule has 0 amide bonds. The third kappa shape index (κ3) is 3.39. The molecule has 0 saturated heterocycles. The van der Waals surface area contributed by atoms with Gasteiger partial charge in [-0.25, -0.2) is 9.97 Å². The lowest BCUT2D eigenvalue weighted by Crippen LogP contribution is -2.22. The number of nitrogens with two attached hydrogens (primary N) is 1. The van der Waals surface area contributed by atoms with Crippen molar-refractivity contribution < 1.29 is 0 Å². The summed E-state index contributed by atoms with van der Waals surface area (Å²) in [6, 6.07) is 0. The van der Waals surface area contributed by atoms with Crippen molar-refractivity contribution in [1.82, 2.24) is 9.97 Å². The first-order valence-corrected chi connectivity index (χ1v) is 5.91. The fourth-order valence-corrected chi connectivity index (χ4v) is 1.46. The Balaban J connectivity index is 2.66. The summed E-state index contributed by atoms with van der Waals surface area (Å²) in [6.07, 6.45) is 5.22. The van der Waals surface area contributed by atoms with Crippen molar-refractivity contribution in [3.63, 3.8) is 0 Å². The summed E-state index contributed by atoms with van der Waals surface area (Å²) in [5, 5.41) is 7.18. The number of nitrogens with zero attached hydrogens (tertiary/aromatic N) is 3. The van der Waals surface area contributed by atoms with Crippen LogP contribution in [0.3, 0.4) is 0 Å². The molecule has 0 aliphatic carbocycles. The van der Waals surface area contributed by atoms with E-state index in [-0.39, 0.29) is 5.84 Å². The fourth-order valence-electron chi connectivity index (χ4n) is 1.00. The van der Waals surface area contributed by atoms with Crippen LogP contribution in [0.15, 0.2) is 12.4 Å². The Labute approximate surface area is 93.6 Å². The van der Waals surface area contributed by atoms with E-state index in [1.165, 1.54) is 6.20 Å². The average molecular weight is 225 g/mol. The Morgan fingerprint density at radius 2 is 2.27 bits per heavy atom. The van der Waals surface area contributed by atoms with Crippen LogP contribution in [0, 0.1) is 5.41 Å². The molecule has 1 aromatic rings. The lowest BCUT2D eigenvalue weighted by Gasteiger charge is -2.16. The smallest absolute Gasteiger partial charge is 0.146 e. The van der Waals surface area contributed by atoms with Gasteiger partial charge in [0.15, 0.2) is 0 Å². The van der Waals surface area contributed by atoms with E-state index in [2.05, 4.69) is 16.2 Å². The fraction of sp³-hybridized carbons (Fsp3) is 0.444. The van der Waals surface area contributed by atoms with Gasteiger partial charge in [-0.1, -0.05) is 0 Å². The van der Waals surface area contributed by atoms with Crippen molar-refractivity contribution in [2.24, 2.45) is 5.73 Å². The summed E-state index contributed by atoms with van der Waals surface area (Å²) in [5.41, 5.74) is 5.70. The minimum Gasteiger partial charge on any atom is -0.382 e. The van der Waals surface area contributed by atoms with E-state index in [1.54, 1.807) is 18.0 Å². The number of anilines is 1. The monoisotopic (exact) mass is 225 g/mol. The minimum atomic E-state index is -0.0548. The van der Waals surface area contributed by atoms with Crippen molar-refractivity contribution in [2.45, 2.75) is 0 Å². The molecule has 1 heterocycles. The van der Waals surface area contributed by atoms with Gasteiger partial charge >= 0.3 is 0 Å². The average Bonchev–Trinajstić information content (AvgIpc) is 2.26. The molecule has 0 fully saturated rings. The zero-order chi connectivity index (χ0) is 11.3. The molecule has 0 aromatic carbocycles. The van der Waals surface area contributed by atoms with Crippen molar-refractivity contribution in [3.8, 4) is 0 Å². The molecule has 0 unspecified atom stereocenters. The normalized spacial score (nSPS) is 10.0. The third-order valence-corrected chi connectivity index (χ3v) is 2.53. The van der Waals surface area contributed by atoms with Crippen LogP contribution in [0.2, 0.25) is 0 Å². The largest absolute Gasteiger partial charge is 0.382 e. The first-order chi connectivity index (χ1) is 7.15. The molecule has 0 aliphatic rings. The van der Waals surface area contributed by atoms with E-state index >= 15 is 0 Å². The Morgan fingerprint density at radius 3 is 2.73 bits per heavy atom. The Bertz CT molecular complexity index is 324. The molecule has 0 radical (unpaired) electrons. The Kier molecular flexibility index (Phi) is 4.36. The van der Waals surface area contributed by atoms with Crippen molar-refractivity contribution >= 4 is 23.4 Å². The summed E-state index contributed by atoms with van der Waals surface area (Å²) < 4.78 is 0. The molecule has 15 heavy (non-hydrogen) atoms. The molecule has 0 atom stereocenters. The minimum absolute atomic E-state index is 0.0548. The van der Waals surface area contributed by atoms with Gasteiger partial charge in [0.1, 0.15) is 17.3 Å². The number of aromatic nitrogens is 2. The molecular formula is C9H15N5S. The summed E-state index contributed by atoms with van der Waals surface area (Å²) >= 11 is 1.79. The Morgan fingerprint density at radius 1 is 1.53 bits per heavy atom. The molecule has 6 heteroatoms. The van der Waals surface area contributed by atoms with E-state index in [0.29, 0.717) is 5.69 Å². The zero-order valence-electron chi connectivity index (χ0n) is 8.90. The lowest BCUT2D eigenvalue weighted by molar-refractivity contribution is 0.933. The highest BCUT2D eigenvalue weighted by Gasteiger charge is 2.03. The second-order valence-corrected chi connectivity index (χ2v) is 4.07. The van der Waals surface area contributed by atoms with Gasteiger partial charge in [0, 0.05) is 19.3 Å². The number of amidine groups is 1. The van der Waals surface area contributed by atoms with Gasteiger partial charge in [0.25, 0.3) is 0 Å². The highest BCUT2D eigenvalue weighted by Crippen LogP contribution is 2.07.